The summed E-state index contributed by atoms with van der Waals surface area (Å²) in [6.45, 7) is 13.0. The number of hydrogen-bond donors (Lipinski definition) is 2. The molecule has 2 heterocycles. The molecule has 9 nitrogen and oxygen atoms in total. The second-order valence-corrected chi connectivity index (χ2v) is 8.61. The molecule has 0 saturated carbocycles. The molecule has 0 aliphatic carbocycles. The third-order valence-corrected chi connectivity index (χ3v) is 5.75. The van der Waals surface area contributed by atoms with Crippen LogP contribution in [0.5, 0.6) is 0 Å². The van der Waals surface area contributed by atoms with E-state index in [1.165, 1.54) is 25.3 Å². The van der Waals surface area contributed by atoms with Crippen LogP contribution in [0.4, 0.5) is 4.79 Å². The zero-order valence-electron chi connectivity index (χ0n) is 21.2. The van der Waals surface area contributed by atoms with Gasteiger partial charge in [0.05, 0.1) is 11.1 Å². The van der Waals surface area contributed by atoms with Gasteiger partial charge in [-0.15, -0.1) is 0 Å². The van der Waals surface area contributed by atoms with Gasteiger partial charge in [0.15, 0.2) is 0 Å². The van der Waals surface area contributed by atoms with E-state index in [0.29, 0.717) is 33.7 Å². The van der Waals surface area contributed by atoms with Crippen LogP contribution in [0, 0.1) is 6.92 Å². The highest BCUT2D eigenvalue weighted by atomic mass is 16.4. The van der Waals surface area contributed by atoms with Crippen molar-refractivity contribution in [1.29, 1.82) is 0 Å². The van der Waals surface area contributed by atoms with Gasteiger partial charge in [0.2, 0.25) is 0 Å². The average molecular weight is 503 g/mol. The van der Waals surface area contributed by atoms with Gasteiger partial charge < -0.3 is 15.1 Å². The third-order valence-electron chi connectivity index (χ3n) is 5.75. The molecule has 9 heteroatoms. The molecule has 2 aromatic heterocycles. The smallest absolute Gasteiger partial charge is 0.336 e. The van der Waals surface area contributed by atoms with E-state index in [9.17, 15) is 19.2 Å². The van der Waals surface area contributed by atoms with Gasteiger partial charge in [-0.05, 0) is 38.0 Å². The number of imide groups is 1. The SMILES string of the molecule is C=C(/C=c1/oc(=O)cc(C)c1=C)NC(=O)N(CCCC)C(=O)[C@@H](C)NC(=O)c1ccnc2ccccc12. The summed E-state index contributed by atoms with van der Waals surface area (Å²) in [6, 6.07) is 8.39. The molecule has 0 radical (unpaired) electrons. The lowest BCUT2D eigenvalue weighted by molar-refractivity contribution is -0.129. The van der Waals surface area contributed by atoms with Crippen molar-refractivity contribution in [3.63, 3.8) is 0 Å². The van der Waals surface area contributed by atoms with Crippen molar-refractivity contribution in [1.82, 2.24) is 20.5 Å². The van der Waals surface area contributed by atoms with Crippen LogP contribution in [0.2, 0.25) is 0 Å². The number of unbranched alkanes of at least 4 members (excludes halogenated alkanes) is 1. The van der Waals surface area contributed by atoms with E-state index in [4.69, 9.17) is 4.42 Å². The Bertz CT molecular complexity index is 1520. The number of carbonyl (C=O) groups is 3. The van der Waals surface area contributed by atoms with Crippen molar-refractivity contribution in [2.45, 2.75) is 39.7 Å². The van der Waals surface area contributed by atoms with E-state index in [-0.39, 0.29) is 17.7 Å². The van der Waals surface area contributed by atoms with Gasteiger partial charge in [-0.3, -0.25) is 19.5 Å². The summed E-state index contributed by atoms with van der Waals surface area (Å²) >= 11 is 0. The molecule has 3 rings (SSSR count). The van der Waals surface area contributed by atoms with E-state index < -0.39 is 29.5 Å². The summed E-state index contributed by atoms with van der Waals surface area (Å²) in [7, 11) is 0. The van der Waals surface area contributed by atoms with Gasteiger partial charge in [-0.2, -0.15) is 0 Å². The van der Waals surface area contributed by atoms with Crippen LogP contribution < -0.4 is 26.9 Å². The monoisotopic (exact) mass is 502 g/mol. The number of nitrogens with one attached hydrogen (secondary N) is 2. The molecule has 1 atom stereocenters. The lowest BCUT2D eigenvalue weighted by Crippen LogP contribution is -2.52. The Labute approximate surface area is 214 Å². The van der Waals surface area contributed by atoms with Crippen molar-refractivity contribution < 1.29 is 18.8 Å². The molecule has 0 aliphatic rings. The molecule has 0 fully saturated rings. The van der Waals surface area contributed by atoms with Crippen molar-refractivity contribution in [2.24, 2.45) is 0 Å². The van der Waals surface area contributed by atoms with Crippen LogP contribution in [0.25, 0.3) is 23.6 Å². The summed E-state index contributed by atoms with van der Waals surface area (Å²) in [5, 5.41) is 6.38. The zero-order chi connectivity index (χ0) is 27.1. The molecule has 1 aromatic carbocycles. The van der Waals surface area contributed by atoms with Crippen molar-refractivity contribution in [2.75, 3.05) is 6.54 Å². The number of allylic oxidation sites excluding steroid dienone is 1. The van der Waals surface area contributed by atoms with Gasteiger partial charge in [0.1, 0.15) is 11.5 Å². The highest BCUT2D eigenvalue weighted by Crippen LogP contribution is 2.16. The maximum Gasteiger partial charge on any atom is 0.336 e. The molecule has 0 unspecified atom stereocenters. The van der Waals surface area contributed by atoms with E-state index in [1.807, 2.05) is 13.0 Å². The highest BCUT2D eigenvalue weighted by molar-refractivity contribution is 6.08. The molecular weight excluding hydrogens is 472 g/mol. The summed E-state index contributed by atoms with van der Waals surface area (Å²) < 4.78 is 5.15. The molecule has 0 saturated heterocycles. The number of urea groups is 1. The summed E-state index contributed by atoms with van der Waals surface area (Å²) in [5.74, 6) is -1.03. The number of carbonyl (C=O) groups excluding carboxylic acids is 3. The van der Waals surface area contributed by atoms with Crippen molar-refractivity contribution >= 4 is 41.4 Å². The van der Waals surface area contributed by atoms with E-state index in [2.05, 4.69) is 28.8 Å². The first-order chi connectivity index (χ1) is 17.6. The Balaban J connectivity index is 1.77. The molecule has 37 heavy (non-hydrogen) atoms. The molecule has 4 amide bonds. The summed E-state index contributed by atoms with van der Waals surface area (Å²) in [5.41, 5.74) is 1.38. The number of amides is 4. The topological polar surface area (TPSA) is 122 Å². The standard InChI is InChI=1S/C28H30N4O5/c1-6-7-14-32(28(36)30-18(3)16-24-19(4)17(2)15-25(33)37-24)27(35)20(5)31-26(34)22-12-13-29-23-11-9-8-10-21(22)23/h8-13,15-16,20H,3-4,6-7,14H2,1-2,5H3,(H,30,36)(H,31,34)/b24-16+/t20-/m1/s1. The molecule has 0 bridgehead atoms. The van der Waals surface area contributed by atoms with Crippen molar-refractivity contribution in [3.05, 3.63) is 87.1 Å². The third kappa shape index (κ3) is 6.58. The fraction of sp³-hybridized carbons (Fsp3) is 0.250. The van der Waals surface area contributed by atoms with Crippen LogP contribution in [0.15, 0.2) is 64.1 Å². The largest absolute Gasteiger partial charge is 0.423 e. The Morgan fingerprint density at radius 1 is 1.22 bits per heavy atom. The first-order valence-corrected chi connectivity index (χ1v) is 11.9. The Morgan fingerprint density at radius 3 is 2.68 bits per heavy atom. The minimum atomic E-state index is -0.986. The highest BCUT2D eigenvalue weighted by Gasteiger charge is 2.27. The van der Waals surface area contributed by atoms with Crippen LogP contribution in [-0.4, -0.2) is 40.3 Å². The first-order valence-electron chi connectivity index (χ1n) is 11.9. The van der Waals surface area contributed by atoms with Crippen LogP contribution in [0.3, 0.4) is 0 Å². The predicted molar refractivity (Wildman–Crippen MR) is 142 cm³/mol. The van der Waals surface area contributed by atoms with Crippen LogP contribution in [0.1, 0.15) is 42.6 Å². The van der Waals surface area contributed by atoms with Gasteiger partial charge >= 0.3 is 11.7 Å². The quantitative estimate of drug-likeness (QED) is 0.488. The average Bonchev–Trinajstić information content (AvgIpc) is 2.86. The summed E-state index contributed by atoms with van der Waals surface area (Å²) in [4.78, 5) is 56.2. The molecule has 192 valence electrons. The number of benzene rings is 1. The Kier molecular flexibility index (Phi) is 8.73. The number of rotatable bonds is 8. The van der Waals surface area contributed by atoms with Gasteiger partial charge in [0.25, 0.3) is 11.8 Å². The minimum Gasteiger partial charge on any atom is -0.423 e. The molecule has 3 aromatic rings. The number of hydrogen-bond acceptors (Lipinski definition) is 6. The van der Waals surface area contributed by atoms with Crippen molar-refractivity contribution in [3.8, 4) is 0 Å². The van der Waals surface area contributed by atoms with Crippen LogP contribution >= 0.6 is 0 Å². The first kappa shape index (κ1) is 27.1. The van der Waals surface area contributed by atoms with E-state index in [1.54, 1.807) is 31.2 Å². The predicted octanol–water partition coefficient (Wildman–Crippen LogP) is 2.36. The molecule has 0 aliphatic heterocycles. The van der Waals surface area contributed by atoms with E-state index >= 15 is 0 Å². The lowest BCUT2D eigenvalue weighted by atomic mass is 10.1. The molecule has 0 spiro atoms. The van der Waals surface area contributed by atoms with E-state index in [0.717, 1.165) is 11.3 Å². The van der Waals surface area contributed by atoms with Gasteiger partial charge in [-0.1, -0.05) is 44.7 Å². The number of nitrogens with zero attached hydrogens (tertiary/aromatic N) is 2. The van der Waals surface area contributed by atoms with Gasteiger partial charge in [-0.25, -0.2) is 9.59 Å². The fourth-order valence-electron chi connectivity index (χ4n) is 3.67. The minimum absolute atomic E-state index is 0.109. The number of pyridine rings is 1. The fourth-order valence-corrected chi connectivity index (χ4v) is 3.67. The number of para-hydroxylation sites is 1. The number of fused-ring (bicyclic) bond motifs is 1. The van der Waals surface area contributed by atoms with Gasteiger partial charge in [0, 0.05) is 41.2 Å². The number of aryl methyl sites for hydroxylation is 1. The molecular formula is C28H30N4O5. The lowest BCUT2D eigenvalue weighted by Gasteiger charge is -2.25. The second-order valence-electron chi connectivity index (χ2n) is 8.61. The second kappa shape index (κ2) is 11.9. The Hall–Kier alpha value is -4.53. The molecule has 2 N–H and O–H groups in total. The summed E-state index contributed by atoms with van der Waals surface area (Å²) in [6.07, 6.45) is 4.21. The maximum atomic E-state index is 13.2. The number of aromatic nitrogens is 1. The zero-order valence-corrected chi connectivity index (χ0v) is 21.2. The Morgan fingerprint density at radius 2 is 1.95 bits per heavy atom. The van der Waals surface area contributed by atoms with Crippen LogP contribution in [-0.2, 0) is 4.79 Å². The maximum absolute atomic E-state index is 13.2. The normalized spacial score (nSPS) is 12.1.